The third-order valence-corrected chi connectivity index (χ3v) is 2.98. The van der Waals surface area contributed by atoms with Crippen LogP contribution in [0.25, 0.3) is 12.2 Å². The van der Waals surface area contributed by atoms with E-state index in [1.165, 1.54) is 5.56 Å². The zero-order valence-corrected chi connectivity index (χ0v) is 11.1. The average Bonchev–Trinajstić information content (AvgIpc) is 2.46. The molecule has 0 bridgehead atoms. The quantitative estimate of drug-likeness (QED) is 0.646. The minimum atomic E-state index is -0.911. The van der Waals surface area contributed by atoms with Gasteiger partial charge in [-0.25, -0.2) is 4.79 Å². The van der Waals surface area contributed by atoms with Crippen LogP contribution in [-0.4, -0.2) is 11.1 Å². The Labute approximate surface area is 118 Å². The Morgan fingerprint density at radius 3 is 2.65 bits per heavy atom. The number of allylic oxidation sites excluding steroid dienone is 1. The van der Waals surface area contributed by atoms with Gasteiger partial charge in [0.05, 0.1) is 5.56 Å². The van der Waals surface area contributed by atoms with Crippen molar-refractivity contribution in [3.05, 3.63) is 83.4 Å². The summed E-state index contributed by atoms with van der Waals surface area (Å²) in [5.41, 5.74) is 3.25. The van der Waals surface area contributed by atoms with Crippen molar-refractivity contribution < 1.29 is 9.90 Å². The van der Waals surface area contributed by atoms with Gasteiger partial charge in [-0.15, -0.1) is 6.58 Å². The van der Waals surface area contributed by atoms with Gasteiger partial charge in [0.25, 0.3) is 0 Å². The maximum absolute atomic E-state index is 11.1. The lowest BCUT2D eigenvalue weighted by Gasteiger charge is -2.01. The number of rotatable bonds is 5. The first-order chi connectivity index (χ1) is 9.70. The molecule has 2 aromatic carbocycles. The standard InChI is InChI=1S/C18H16O2/c1-2-6-14-7-5-8-15(13-14)11-12-16-9-3-4-10-17(16)18(19)20/h2-5,7-13H,1,6H2,(H,19,20). The number of benzene rings is 2. The first kappa shape index (κ1) is 13.8. The Morgan fingerprint density at radius 1 is 1.10 bits per heavy atom. The van der Waals surface area contributed by atoms with Crippen LogP contribution in [0.2, 0.25) is 0 Å². The molecular weight excluding hydrogens is 248 g/mol. The molecule has 1 N–H and O–H groups in total. The van der Waals surface area contributed by atoms with E-state index < -0.39 is 5.97 Å². The van der Waals surface area contributed by atoms with E-state index in [9.17, 15) is 4.79 Å². The summed E-state index contributed by atoms with van der Waals surface area (Å²) in [7, 11) is 0. The van der Waals surface area contributed by atoms with Crippen LogP contribution in [0.15, 0.2) is 61.2 Å². The van der Waals surface area contributed by atoms with Crippen LogP contribution in [0.4, 0.5) is 0 Å². The molecule has 0 radical (unpaired) electrons. The van der Waals surface area contributed by atoms with Crippen LogP contribution in [0.3, 0.4) is 0 Å². The van der Waals surface area contributed by atoms with E-state index in [0.717, 1.165) is 12.0 Å². The van der Waals surface area contributed by atoms with Crippen LogP contribution in [0.5, 0.6) is 0 Å². The molecule has 0 aliphatic rings. The molecule has 0 heterocycles. The minimum absolute atomic E-state index is 0.311. The summed E-state index contributed by atoms with van der Waals surface area (Å²) in [6.07, 6.45) is 6.45. The van der Waals surface area contributed by atoms with Crippen molar-refractivity contribution >= 4 is 18.1 Å². The van der Waals surface area contributed by atoms with Crippen molar-refractivity contribution in [2.45, 2.75) is 6.42 Å². The summed E-state index contributed by atoms with van der Waals surface area (Å²) >= 11 is 0. The molecule has 100 valence electrons. The maximum atomic E-state index is 11.1. The molecule has 0 saturated heterocycles. The monoisotopic (exact) mass is 264 g/mol. The van der Waals surface area contributed by atoms with Crippen molar-refractivity contribution in [3.63, 3.8) is 0 Å². The smallest absolute Gasteiger partial charge is 0.336 e. The van der Waals surface area contributed by atoms with Crippen molar-refractivity contribution in [2.24, 2.45) is 0 Å². The maximum Gasteiger partial charge on any atom is 0.336 e. The zero-order chi connectivity index (χ0) is 14.4. The Bertz CT molecular complexity index is 654. The Morgan fingerprint density at radius 2 is 1.90 bits per heavy atom. The van der Waals surface area contributed by atoms with Gasteiger partial charge in [0.2, 0.25) is 0 Å². The van der Waals surface area contributed by atoms with Gasteiger partial charge in [-0.1, -0.05) is 60.7 Å². The Hall–Kier alpha value is -2.61. The molecule has 2 heteroatoms. The predicted octanol–water partition coefficient (Wildman–Crippen LogP) is 4.28. The van der Waals surface area contributed by atoms with E-state index in [2.05, 4.69) is 12.6 Å². The number of hydrogen-bond donors (Lipinski definition) is 1. The predicted molar refractivity (Wildman–Crippen MR) is 82.7 cm³/mol. The van der Waals surface area contributed by atoms with Crippen LogP contribution < -0.4 is 0 Å². The first-order valence-corrected chi connectivity index (χ1v) is 6.41. The molecule has 0 saturated carbocycles. The lowest BCUT2D eigenvalue weighted by Crippen LogP contribution is -1.98. The van der Waals surface area contributed by atoms with Gasteiger partial charge in [0.15, 0.2) is 0 Å². The van der Waals surface area contributed by atoms with Crippen LogP contribution in [0, 0.1) is 0 Å². The van der Waals surface area contributed by atoms with Gasteiger partial charge in [-0.3, -0.25) is 0 Å². The van der Waals surface area contributed by atoms with Gasteiger partial charge in [0.1, 0.15) is 0 Å². The number of carboxylic acid groups (broad SMARTS) is 1. The fraction of sp³-hybridized carbons (Fsp3) is 0.0556. The molecule has 0 fully saturated rings. The number of hydrogen-bond acceptors (Lipinski definition) is 1. The third-order valence-electron chi connectivity index (χ3n) is 2.98. The van der Waals surface area contributed by atoms with E-state index in [-0.39, 0.29) is 0 Å². The zero-order valence-electron chi connectivity index (χ0n) is 11.1. The first-order valence-electron chi connectivity index (χ1n) is 6.41. The second kappa shape index (κ2) is 6.53. The summed E-state index contributed by atoms with van der Waals surface area (Å²) in [4.78, 5) is 11.1. The van der Waals surface area contributed by atoms with Crippen molar-refractivity contribution in [1.29, 1.82) is 0 Å². The van der Waals surface area contributed by atoms with Gasteiger partial charge in [0, 0.05) is 0 Å². The molecular formula is C18H16O2. The van der Waals surface area contributed by atoms with E-state index in [4.69, 9.17) is 5.11 Å². The van der Waals surface area contributed by atoms with Gasteiger partial charge in [-0.05, 0) is 29.2 Å². The fourth-order valence-corrected chi connectivity index (χ4v) is 2.01. The molecule has 0 aliphatic carbocycles. The molecule has 20 heavy (non-hydrogen) atoms. The summed E-state index contributed by atoms with van der Waals surface area (Å²) in [5, 5.41) is 9.13. The van der Waals surface area contributed by atoms with Gasteiger partial charge in [-0.2, -0.15) is 0 Å². The molecule has 2 rings (SSSR count). The molecule has 0 unspecified atom stereocenters. The second-order valence-corrected chi connectivity index (χ2v) is 4.46. The topological polar surface area (TPSA) is 37.3 Å². The third kappa shape index (κ3) is 3.45. The minimum Gasteiger partial charge on any atom is -0.478 e. The van der Waals surface area contributed by atoms with E-state index in [1.54, 1.807) is 18.2 Å². The summed E-state index contributed by atoms with van der Waals surface area (Å²) in [5.74, 6) is -0.911. The summed E-state index contributed by atoms with van der Waals surface area (Å²) in [6.45, 7) is 3.73. The van der Waals surface area contributed by atoms with E-state index in [1.807, 2.05) is 42.5 Å². The van der Waals surface area contributed by atoms with E-state index in [0.29, 0.717) is 11.1 Å². The Balaban J connectivity index is 2.27. The summed E-state index contributed by atoms with van der Waals surface area (Å²) < 4.78 is 0. The molecule has 0 atom stereocenters. The fourth-order valence-electron chi connectivity index (χ4n) is 2.01. The van der Waals surface area contributed by atoms with Crippen LogP contribution in [0.1, 0.15) is 27.0 Å². The van der Waals surface area contributed by atoms with Gasteiger partial charge < -0.3 is 5.11 Å². The number of aromatic carboxylic acids is 1. The largest absolute Gasteiger partial charge is 0.478 e. The summed E-state index contributed by atoms with van der Waals surface area (Å²) in [6, 6.07) is 15.1. The van der Waals surface area contributed by atoms with Crippen molar-refractivity contribution in [2.75, 3.05) is 0 Å². The highest BCUT2D eigenvalue weighted by Crippen LogP contribution is 2.14. The normalized spacial score (nSPS) is 10.6. The Kier molecular flexibility index (Phi) is 4.51. The molecule has 0 spiro atoms. The van der Waals surface area contributed by atoms with Crippen LogP contribution in [-0.2, 0) is 6.42 Å². The highest BCUT2D eigenvalue weighted by molar-refractivity contribution is 5.93. The SMILES string of the molecule is C=CCc1cccc(C=Cc2ccccc2C(=O)O)c1. The highest BCUT2D eigenvalue weighted by atomic mass is 16.4. The van der Waals surface area contributed by atoms with E-state index >= 15 is 0 Å². The molecule has 0 aromatic heterocycles. The average molecular weight is 264 g/mol. The lowest BCUT2D eigenvalue weighted by molar-refractivity contribution is 0.0696. The molecule has 2 aromatic rings. The lowest BCUT2D eigenvalue weighted by atomic mass is 10.0. The van der Waals surface area contributed by atoms with Crippen molar-refractivity contribution in [1.82, 2.24) is 0 Å². The van der Waals surface area contributed by atoms with Gasteiger partial charge >= 0.3 is 5.97 Å². The molecule has 0 aliphatic heterocycles. The number of carboxylic acids is 1. The van der Waals surface area contributed by atoms with Crippen molar-refractivity contribution in [3.8, 4) is 0 Å². The second-order valence-electron chi connectivity index (χ2n) is 4.46. The number of carbonyl (C=O) groups is 1. The van der Waals surface area contributed by atoms with Crippen LogP contribution >= 0.6 is 0 Å². The molecule has 2 nitrogen and oxygen atoms in total. The molecule has 0 amide bonds. The highest BCUT2D eigenvalue weighted by Gasteiger charge is 2.05.